The molecule has 0 aliphatic carbocycles. The van der Waals surface area contributed by atoms with Crippen molar-refractivity contribution in [3.8, 4) is 0 Å². The van der Waals surface area contributed by atoms with E-state index in [1.807, 2.05) is 19.9 Å². The molecule has 0 aromatic heterocycles. The van der Waals surface area contributed by atoms with Gasteiger partial charge >= 0.3 is 0 Å². The van der Waals surface area contributed by atoms with Crippen LogP contribution in [0.1, 0.15) is 34.8 Å². The van der Waals surface area contributed by atoms with Gasteiger partial charge in [0.1, 0.15) is 0 Å². The molecule has 20 heavy (non-hydrogen) atoms. The van der Waals surface area contributed by atoms with Gasteiger partial charge in [0.15, 0.2) is 0 Å². The van der Waals surface area contributed by atoms with Gasteiger partial charge in [0.2, 0.25) is 5.91 Å². The Morgan fingerprint density at radius 3 is 2.45 bits per heavy atom. The molecule has 1 aromatic rings. The van der Waals surface area contributed by atoms with Crippen LogP contribution in [0.15, 0.2) is 12.1 Å². The minimum absolute atomic E-state index is 0.0841. The molecule has 0 saturated carbocycles. The molecule has 1 atom stereocenters. The summed E-state index contributed by atoms with van der Waals surface area (Å²) in [5.41, 5.74) is 13.7. The van der Waals surface area contributed by atoms with E-state index in [0.717, 1.165) is 11.1 Å². The lowest BCUT2D eigenvalue weighted by Gasteiger charge is -2.22. The molecule has 2 rings (SSSR count). The van der Waals surface area contributed by atoms with Crippen molar-refractivity contribution >= 4 is 17.5 Å². The van der Waals surface area contributed by atoms with Gasteiger partial charge in [-0.1, -0.05) is 6.07 Å². The van der Waals surface area contributed by atoms with E-state index in [1.54, 1.807) is 17.9 Å². The summed E-state index contributed by atoms with van der Waals surface area (Å²) in [5, 5.41) is 0. The highest BCUT2D eigenvalue weighted by molar-refractivity contribution is 5.97. The molecule has 108 valence electrons. The Morgan fingerprint density at radius 2 is 1.90 bits per heavy atom. The van der Waals surface area contributed by atoms with Gasteiger partial charge in [-0.2, -0.15) is 0 Å². The first-order valence-corrected chi connectivity index (χ1v) is 6.70. The molecule has 5 nitrogen and oxygen atoms in total. The fourth-order valence-corrected chi connectivity index (χ4v) is 2.61. The lowest BCUT2D eigenvalue weighted by molar-refractivity contribution is -0.126. The van der Waals surface area contributed by atoms with Gasteiger partial charge in [-0.25, -0.2) is 0 Å². The number of aryl methyl sites for hydroxylation is 2. The second-order valence-electron chi connectivity index (χ2n) is 5.93. The maximum atomic E-state index is 12.6. The Labute approximate surface area is 118 Å². The third-order valence-corrected chi connectivity index (χ3v) is 4.20. The summed E-state index contributed by atoms with van der Waals surface area (Å²) in [4.78, 5) is 25.7. The molecule has 1 fully saturated rings. The summed E-state index contributed by atoms with van der Waals surface area (Å²) in [6.45, 7) is 6.53. The first-order chi connectivity index (χ1) is 9.24. The molecule has 2 amide bonds. The number of nitrogens with two attached hydrogens (primary N) is 2. The normalized spacial score (nSPS) is 22.1. The van der Waals surface area contributed by atoms with Crippen molar-refractivity contribution in [2.75, 3.05) is 18.8 Å². The van der Waals surface area contributed by atoms with Crippen molar-refractivity contribution in [2.24, 2.45) is 11.1 Å². The van der Waals surface area contributed by atoms with E-state index in [0.29, 0.717) is 30.8 Å². The van der Waals surface area contributed by atoms with Crippen LogP contribution >= 0.6 is 0 Å². The lowest BCUT2D eigenvalue weighted by Crippen LogP contribution is -2.38. The monoisotopic (exact) mass is 275 g/mol. The Balaban J connectivity index is 2.26. The predicted molar refractivity (Wildman–Crippen MR) is 78.2 cm³/mol. The fraction of sp³-hybridized carbons (Fsp3) is 0.467. The molecular weight excluding hydrogens is 254 g/mol. The van der Waals surface area contributed by atoms with Crippen molar-refractivity contribution in [3.63, 3.8) is 0 Å². The number of rotatable bonds is 2. The zero-order chi connectivity index (χ0) is 15.1. The smallest absolute Gasteiger partial charge is 0.254 e. The molecule has 1 aliphatic rings. The van der Waals surface area contributed by atoms with E-state index in [9.17, 15) is 9.59 Å². The highest BCUT2D eigenvalue weighted by Crippen LogP contribution is 2.31. The number of anilines is 1. The quantitative estimate of drug-likeness (QED) is 0.795. The first kappa shape index (κ1) is 14.4. The molecule has 1 saturated heterocycles. The Bertz CT molecular complexity index is 583. The van der Waals surface area contributed by atoms with Crippen LogP contribution in [0.4, 0.5) is 5.69 Å². The number of amides is 2. The van der Waals surface area contributed by atoms with Gasteiger partial charge in [-0.05, 0) is 44.4 Å². The molecule has 0 radical (unpaired) electrons. The van der Waals surface area contributed by atoms with Gasteiger partial charge in [-0.3, -0.25) is 9.59 Å². The Morgan fingerprint density at radius 1 is 1.25 bits per heavy atom. The van der Waals surface area contributed by atoms with Crippen LogP contribution in [0, 0.1) is 19.3 Å². The van der Waals surface area contributed by atoms with Crippen molar-refractivity contribution in [1.82, 2.24) is 4.90 Å². The minimum Gasteiger partial charge on any atom is -0.398 e. The topological polar surface area (TPSA) is 89.4 Å². The van der Waals surface area contributed by atoms with Crippen molar-refractivity contribution in [2.45, 2.75) is 27.2 Å². The SMILES string of the molecule is Cc1cc(C)c(C(=O)N2CCC(C)(C(N)=O)C2)cc1N. The van der Waals surface area contributed by atoms with Crippen LogP contribution in [0.2, 0.25) is 0 Å². The highest BCUT2D eigenvalue weighted by atomic mass is 16.2. The maximum absolute atomic E-state index is 12.6. The number of hydrogen-bond donors (Lipinski definition) is 2. The second kappa shape index (κ2) is 4.81. The first-order valence-electron chi connectivity index (χ1n) is 6.70. The van der Waals surface area contributed by atoms with Gasteiger partial charge < -0.3 is 16.4 Å². The zero-order valence-corrected chi connectivity index (χ0v) is 12.2. The average molecular weight is 275 g/mol. The molecule has 1 unspecified atom stereocenters. The summed E-state index contributed by atoms with van der Waals surface area (Å²) >= 11 is 0. The zero-order valence-electron chi connectivity index (χ0n) is 12.2. The van der Waals surface area contributed by atoms with E-state index in [2.05, 4.69) is 0 Å². The molecule has 1 heterocycles. The van der Waals surface area contributed by atoms with Crippen LogP contribution < -0.4 is 11.5 Å². The molecule has 1 aliphatic heterocycles. The predicted octanol–water partition coefficient (Wildman–Crippen LogP) is 1.22. The summed E-state index contributed by atoms with van der Waals surface area (Å²) in [6, 6.07) is 3.62. The van der Waals surface area contributed by atoms with Gasteiger partial charge in [0.25, 0.3) is 5.91 Å². The van der Waals surface area contributed by atoms with Crippen LogP contribution in [-0.4, -0.2) is 29.8 Å². The van der Waals surface area contributed by atoms with Crippen molar-refractivity contribution in [3.05, 3.63) is 28.8 Å². The largest absolute Gasteiger partial charge is 0.398 e. The average Bonchev–Trinajstić information content (AvgIpc) is 2.77. The van der Waals surface area contributed by atoms with E-state index >= 15 is 0 Å². The van der Waals surface area contributed by atoms with Crippen molar-refractivity contribution in [1.29, 1.82) is 0 Å². The van der Waals surface area contributed by atoms with Crippen LogP contribution in [0.25, 0.3) is 0 Å². The summed E-state index contributed by atoms with van der Waals surface area (Å²) < 4.78 is 0. The summed E-state index contributed by atoms with van der Waals surface area (Å²) in [5.74, 6) is -0.438. The third-order valence-electron chi connectivity index (χ3n) is 4.20. The number of primary amides is 1. The van der Waals surface area contributed by atoms with E-state index in [4.69, 9.17) is 11.5 Å². The fourth-order valence-electron chi connectivity index (χ4n) is 2.61. The summed E-state index contributed by atoms with van der Waals surface area (Å²) in [6.07, 6.45) is 0.606. The molecular formula is C15H21N3O2. The van der Waals surface area contributed by atoms with Gasteiger partial charge in [-0.15, -0.1) is 0 Å². The standard InChI is InChI=1S/C15H21N3O2/c1-9-6-10(2)12(16)7-11(9)13(19)18-5-4-15(3,8-18)14(17)20/h6-7H,4-5,8,16H2,1-3H3,(H2,17,20). The lowest BCUT2D eigenvalue weighted by atomic mass is 9.89. The molecule has 0 bridgehead atoms. The number of likely N-dealkylation sites (tertiary alicyclic amines) is 1. The molecule has 5 heteroatoms. The Hall–Kier alpha value is -2.04. The molecule has 0 spiro atoms. The highest BCUT2D eigenvalue weighted by Gasteiger charge is 2.41. The van der Waals surface area contributed by atoms with Crippen molar-refractivity contribution < 1.29 is 9.59 Å². The number of nitrogens with zero attached hydrogens (tertiary/aromatic N) is 1. The third kappa shape index (κ3) is 2.35. The summed E-state index contributed by atoms with van der Waals surface area (Å²) in [7, 11) is 0. The van der Waals surface area contributed by atoms with E-state index in [-0.39, 0.29) is 11.8 Å². The maximum Gasteiger partial charge on any atom is 0.254 e. The number of hydrogen-bond acceptors (Lipinski definition) is 3. The second-order valence-corrected chi connectivity index (χ2v) is 5.93. The van der Waals surface area contributed by atoms with Crippen LogP contribution in [-0.2, 0) is 4.79 Å². The Kier molecular flexibility index (Phi) is 3.46. The number of benzene rings is 1. The van der Waals surface area contributed by atoms with Crippen LogP contribution in [0.5, 0.6) is 0 Å². The minimum atomic E-state index is -0.625. The van der Waals surface area contributed by atoms with E-state index in [1.165, 1.54) is 0 Å². The van der Waals surface area contributed by atoms with Crippen LogP contribution in [0.3, 0.4) is 0 Å². The number of nitrogen functional groups attached to an aromatic ring is 1. The molecule has 4 N–H and O–H groups in total. The van der Waals surface area contributed by atoms with Gasteiger partial charge in [0, 0.05) is 24.3 Å². The number of carbonyl (C=O) groups is 2. The number of carbonyl (C=O) groups excluding carboxylic acids is 2. The van der Waals surface area contributed by atoms with Gasteiger partial charge in [0.05, 0.1) is 5.41 Å². The molecule has 1 aromatic carbocycles. The van der Waals surface area contributed by atoms with E-state index < -0.39 is 5.41 Å².